The summed E-state index contributed by atoms with van der Waals surface area (Å²) in [5.41, 5.74) is 5.40. The molecule has 1 saturated heterocycles. The first kappa shape index (κ1) is 60.7. The number of nitrogens with zero attached hydrogens (tertiary/aromatic N) is 3. The van der Waals surface area contributed by atoms with Crippen LogP contribution in [0.2, 0.25) is 0 Å². The molecular weight excluding hydrogens is 973 g/mol. The van der Waals surface area contributed by atoms with Crippen LogP contribution in [0.1, 0.15) is 147 Å². The minimum Gasteiger partial charge on any atom is -0.508 e. The molecule has 8 atom stereocenters. The van der Waals surface area contributed by atoms with Gasteiger partial charge in [0.1, 0.15) is 23.1 Å². The topological polar surface area (TPSA) is 243 Å². The first-order chi connectivity index (χ1) is 33.7. The zero-order valence-corrected chi connectivity index (χ0v) is 45.4. The molecule has 2 heterocycles. The predicted molar refractivity (Wildman–Crippen MR) is 276 cm³/mol. The van der Waals surface area contributed by atoms with E-state index in [1.165, 1.54) is 40.6 Å². The summed E-state index contributed by atoms with van der Waals surface area (Å²) in [6.07, 6.45) is 5.17. The average Bonchev–Trinajstić information content (AvgIpc) is 3.83. The molecule has 2 aromatic rings. The molecule has 0 saturated carbocycles. The zero-order valence-electron chi connectivity index (χ0n) is 42.9. The van der Waals surface area contributed by atoms with E-state index in [4.69, 9.17) is 19.3 Å². The fourth-order valence-corrected chi connectivity index (χ4v) is 11.3. The number of likely N-dealkylation sites (tertiary alicyclic amines) is 1. The van der Waals surface area contributed by atoms with Gasteiger partial charge in [-0.3, -0.25) is 34.2 Å². The zero-order chi connectivity index (χ0) is 52.6. The molecule has 0 spiro atoms. The van der Waals surface area contributed by atoms with Gasteiger partial charge < -0.3 is 39.5 Å². The lowest BCUT2D eigenvalue weighted by atomic mass is 9.83. The Balaban J connectivity index is 1.81. The summed E-state index contributed by atoms with van der Waals surface area (Å²) < 4.78 is 16.8. The highest BCUT2D eigenvalue weighted by Gasteiger charge is 2.38. The Morgan fingerprint density at radius 3 is 2.31 bits per heavy atom. The number of carbonyl (C=O) groups is 7. The number of phenols is 1. The van der Waals surface area contributed by atoms with Crippen LogP contribution in [0.15, 0.2) is 29.6 Å². The van der Waals surface area contributed by atoms with Crippen molar-refractivity contribution < 1.29 is 58.0 Å². The number of thiazole rings is 1. The Labute approximate surface area is 431 Å². The highest BCUT2D eigenvalue weighted by Crippen LogP contribution is 2.34. The number of nitrogens with one attached hydrogen (secondary N) is 3. The van der Waals surface area contributed by atoms with E-state index >= 15 is 0 Å². The Hall–Kier alpha value is -4.60. The molecule has 0 aliphatic carbocycles. The van der Waals surface area contributed by atoms with Crippen molar-refractivity contribution in [2.45, 2.75) is 150 Å². The monoisotopic (exact) mass is 1050 g/mol. The maximum Gasteiger partial charge on any atom is 0.426 e. The predicted octanol–water partition coefficient (Wildman–Crippen LogP) is 8.15. The third-order valence-electron chi connectivity index (χ3n) is 12.8. The van der Waals surface area contributed by atoms with Crippen molar-refractivity contribution in [3.8, 4) is 5.75 Å². The fourth-order valence-electron chi connectivity index (χ4n) is 8.31. The second-order valence-corrected chi connectivity index (χ2v) is 22.4. The Morgan fingerprint density at radius 2 is 1.68 bits per heavy atom. The maximum atomic E-state index is 15.0. The fraction of sp³-hybridized carbons (Fsp3) is 0.680. The number of carbonyl (C=O) groups excluding carboxylic acids is 6. The molecular formula is C50H78N6O12S3. The van der Waals surface area contributed by atoms with Gasteiger partial charge in [-0.2, -0.15) is 0 Å². The minimum absolute atomic E-state index is 0.0290. The van der Waals surface area contributed by atoms with Crippen molar-refractivity contribution in [2.24, 2.45) is 29.6 Å². The lowest BCUT2D eigenvalue weighted by Gasteiger charge is -2.39. The van der Waals surface area contributed by atoms with Crippen LogP contribution in [0, 0.1) is 29.6 Å². The maximum absolute atomic E-state index is 15.0. The number of carboxylic acids is 1. The van der Waals surface area contributed by atoms with Gasteiger partial charge in [-0.15, -0.1) is 11.3 Å². The van der Waals surface area contributed by atoms with E-state index in [0.29, 0.717) is 35.4 Å². The summed E-state index contributed by atoms with van der Waals surface area (Å²) >= 11 is 1.13. The number of aliphatic carboxylic acids is 1. The van der Waals surface area contributed by atoms with Gasteiger partial charge in [-0.25, -0.2) is 15.2 Å². The summed E-state index contributed by atoms with van der Waals surface area (Å²) in [6, 6.07) is 5.63. The van der Waals surface area contributed by atoms with Gasteiger partial charge in [-0.05, 0) is 88.1 Å². The molecule has 1 fully saturated rings. The van der Waals surface area contributed by atoms with Gasteiger partial charge in [0.2, 0.25) is 11.8 Å². The smallest absolute Gasteiger partial charge is 0.426 e. The highest BCUT2D eigenvalue weighted by molar-refractivity contribution is 8.76. The van der Waals surface area contributed by atoms with Crippen LogP contribution >= 0.6 is 32.9 Å². The van der Waals surface area contributed by atoms with E-state index in [1.807, 2.05) is 20.8 Å². The van der Waals surface area contributed by atoms with Crippen molar-refractivity contribution in [3.63, 3.8) is 0 Å². The molecule has 5 N–H and O–H groups in total. The number of hydrogen-bond acceptors (Lipinski definition) is 16. The van der Waals surface area contributed by atoms with Crippen molar-refractivity contribution in [3.05, 3.63) is 45.9 Å². The van der Waals surface area contributed by atoms with E-state index in [1.54, 1.807) is 36.3 Å². The number of amides is 4. The second-order valence-electron chi connectivity index (χ2n) is 18.9. The largest absolute Gasteiger partial charge is 0.508 e. The summed E-state index contributed by atoms with van der Waals surface area (Å²) in [6.45, 7) is 15.3. The molecule has 21 heteroatoms. The number of carboxylic acid groups (broad SMARTS) is 1. The van der Waals surface area contributed by atoms with Crippen LogP contribution in [0.4, 0.5) is 4.79 Å². The molecule has 71 heavy (non-hydrogen) atoms. The van der Waals surface area contributed by atoms with Crippen molar-refractivity contribution in [1.82, 2.24) is 31.0 Å². The third-order valence-corrected chi connectivity index (χ3v) is 16.3. The minimum atomic E-state index is -0.966. The van der Waals surface area contributed by atoms with E-state index < -0.39 is 65.8 Å². The van der Waals surface area contributed by atoms with Crippen LogP contribution < -0.4 is 16.2 Å². The number of piperidine rings is 1. The van der Waals surface area contributed by atoms with Gasteiger partial charge in [0.15, 0.2) is 12.8 Å². The molecule has 398 valence electrons. The average molecular weight is 1050 g/mol. The molecule has 1 aromatic carbocycles. The van der Waals surface area contributed by atoms with E-state index in [-0.39, 0.29) is 74.1 Å². The number of phenolic OH excluding ortho intramolecular Hbond substituents is 1. The number of aromatic hydroxyl groups is 1. The number of hydrazine groups is 1. The molecule has 1 aliphatic heterocycles. The molecule has 1 unspecified atom stereocenters. The van der Waals surface area contributed by atoms with Crippen LogP contribution in [0.3, 0.4) is 0 Å². The summed E-state index contributed by atoms with van der Waals surface area (Å²) in [4.78, 5) is 99.7. The van der Waals surface area contributed by atoms with Crippen LogP contribution in [0.5, 0.6) is 5.75 Å². The van der Waals surface area contributed by atoms with Gasteiger partial charge in [0.25, 0.3) is 5.91 Å². The van der Waals surface area contributed by atoms with E-state index in [2.05, 4.69) is 46.9 Å². The molecule has 1 aromatic heterocycles. The first-order valence-electron chi connectivity index (χ1n) is 24.8. The van der Waals surface area contributed by atoms with Gasteiger partial charge >= 0.3 is 24.0 Å². The number of rotatable bonds is 30. The van der Waals surface area contributed by atoms with Crippen molar-refractivity contribution in [1.29, 1.82) is 0 Å². The first-order valence-corrected chi connectivity index (χ1v) is 28.2. The van der Waals surface area contributed by atoms with E-state index in [0.717, 1.165) is 55.5 Å². The summed E-state index contributed by atoms with van der Waals surface area (Å²) in [5, 5.41) is 23.8. The Kier molecular flexibility index (Phi) is 27.2. The molecule has 4 amide bonds. The van der Waals surface area contributed by atoms with Crippen LogP contribution in [-0.4, -0.2) is 123 Å². The van der Waals surface area contributed by atoms with Crippen molar-refractivity contribution >= 4 is 74.6 Å². The van der Waals surface area contributed by atoms with Crippen molar-refractivity contribution in [2.75, 3.05) is 38.4 Å². The van der Waals surface area contributed by atoms with Crippen LogP contribution in [0.25, 0.3) is 0 Å². The lowest BCUT2D eigenvalue weighted by Crippen LogP contribution is -2.49. The summed E-state index contributed by atoms with van der Waals surface area (Å²) in [7, 11) is 4.86. The molecule has 0 bridgehead atoms. The molecule has 18 nitrogen and oxygen atoms in total. The van der Waals surface area contributed by atoms with Gasteiger partial charge in [-0.1, -0.05) is 95.0 Å². The molecule has 0 radical (unpaired) electrons. The quantitative estimate of drug-likeness (QED) is 0.0124. The third kappa shape index (κ3) is 21.6. The number of hydrogen-bond donors (Lipinski definition) is 5. The van der Waals surface area contributed by atoms with Gasteiger partial charge in [0.05, 0.1) is 5.92 Å². The number of ether oxygens (including phenoxy) is 3. The normalized spacial score (nSPS) is 16.8. The Morgan fingerprint density at radius 1 is 0.958 bits per heavy atom. The number of aromatic nitrogens is 1. The number of esters is 2. The molecule has 3 rings (SSSR count). The van der Waals surface area contributed by atoms with Crippen LogP contribution in [-0.2, 0) is 44.6 Å². The van der Waals surface area contributed by atoms with E-state index in [9.17, 15) is 38.7 Å². The standard InChI is InChI=1S/C50H78N6O12S3/c1-10-14-44(59)67-30-56(48(62)40(32(5)11-2)21-18-38-15-12-13-22-55(38)9)42(31(3)4)27-43(68-35(8)57)47-52-41(29-69-47)46(61)51-37(26-36-16-19-39(58)20-17-36)25-33(6)45(60)53-54-50(65)66-23-24-70-71-28-34(7)49(63)64/h16-17,19-20,29,31-34,37-38,40,42-43,58H,10-15,18,21-28,30H2,1-9H3,(H,51,61)(H,53,60)(H,54,65)(H,63,64)/t32?,33-,34-,37+,38+,40-,42+,43+/m0/s1. The highest BCUT2D eigenvalue weighted by atomic mass is 33.1. The second kappa shape index (κ2) is 31.8. The summed E-state index contributed by atoms with van der Waals surface area (Å²) in [5.74, 6) is -3.93. The lowest BCUT2D eigenvalue weighted by molar-refractivity contribution is -0.161. The molecule has 1 aliphatic rings. The van der Waals surface area contributed by atoms with Gasteiger partial charge in [0, 0.05) is 66.6 Å². The SMILES string of the molecule is CCCC(=O)OCN(C(=O)[C@@H](CC[C@H]1CCCCN1C)C(C)CC)[C@H](C[C@@H](OC(C)=O)c1nc(C(=O)N[C@@H](Cc2ccc(O)cc2)C[C@H](C)C(=O)NNC(=O)OCCSSC[C@H](C)C(=O)O)cs1)C(C)C. The number of benzene rings is 1. The Bertz CT molecular complexity index is 2010.